The van der Waals surface area contributed by atoms with Crippen LogP contribution in [-0.2, 0) is 6.54 Å². The highest BCUT2D eigenvalue weighted by Crippen LogP contribution is 2.31. The molecule has 0 amide bonds. The van der Waals surface area contributed by atoms with Gasteiger partial charge in [-0.3, -0.25) is 0 Å². The molecule has 0 saturated heterocycles. The number of benzene rings is 1. The zero-order valence-electron chi connectivity index (χ0n) is 12.8. The van der Waals surface area contributed by atoms with Gasteiger partial charge in [-0.15, -0.1) is 0 Å². The van der Waals surface area contributed by atoms with Gasteiger partial charge < -0.3 is 15.4 Å². The molecule has 0 aliphatic carbocycles. The Hall–Kier alpha value is -1.95. The summed E-state index contributed by atoms with van der Waals surface area (Å²) in [6.07, 6.45) is 4.39. The van der Waals surface area contributed by atoms with Crippen molar-refractivity contribution in [2.75, 3.05) is 17.7 Å². The van der Waals surface area contributed by atoms with Crippen LogP contribution in [0.4, 0.5) is 5.82 Å². The first-order chi connectivity index (χ1) is 10.6. The number of imidazole rings is 1. The number of nitrogens with zero attached hydrogens (tertiary/aromatic N) is 3. The van der Waals surface area contributed by atoms with Crippen LogP contribution in [0.1, 0.15) is 18.7 Å². The predicted octanol–water partition coefficient (Wildman–Crippen LogP) is 3.32. The second-order valence-corrected chi connectivity index (χ2v) is 6.39. The number of unbranched alkanes of at least 4 members (excludes halogenated alkanes) is 1. The van der Waals surface area contributed by atoms with Crippen molar-refractivity contribution in [1.82, 2.24) is 14.5 Å². The van der Waals surface area contributed by atoms with Gasteiger partial charge in [-0.25, -0.2) is 9.97 Å². The summed E-state index contributed by atoms with van der Waals surface area (Å²) in [5.74, 6) is 2.77. The predicted molar refractivity (Wildman–Crippen MR) is 93.5 cm³/mol. The quantitative estimate of drug-likeness (QED) is 0.706. The van der Waals surface area contributed by atoms with Gasteiger partial charge in [0.2, 0.25) is 0 Å². The molecule has 0 spiro atoms. The molecule has 0 aliphatic heterocycles. The number of phenolic OH excluding ortho intramolecular Hbond substituents is 1. The molecule has 6 heteroatoms. The van der Waals surface area contributed by atoms with E-state index < -0.39 is 0 Å². The van der Waals surface area contributed by atoms with Crippen LogP contribution >= 0.6 is 11.8 Å². The number of nitrogen functional groups attached to an aromatic ring is 1. The first kappa shape index (κ1) is 15.0. The van der Waals surface area contributed by atoms with Gasteiger partial charge in [-0.1, -0.05) is 0 Å². The molecule has 0 radical (unpaired) electrons. The fourth-order valence-corrected chi connectivity index (χ4v) is 3.29. The molecule has 3 aromatic rings. The molecule has 0 unspecified atom stereocenters. The summed E-state index contributed by atoms with van der Waals surface area (Å²) in [5, 5.41) is 10.7. The van der Waals surface area contributed by atoms with E-state index in [1.54, 1.807) is 18.2 Å². The molecule has 3 N–H and O–H groups in total. The summed E-state index contributed by atoms with van der Waals surface area (Å²) in [6.45, 7) is 2.89. The van der Waals surface area contributed by atoms with Crippen LogP contribution < -0.4 is 5.73 Å². The van der Waals surface area contributed by atoms with Crippen molar-refractivity contribution in [2.24, 2.45) is 0 Å². The van der Waals surface area contributed by atoms with E-state index >= 15 is 0 Å². The highest BCUT2D eigenvalue weighted by molar-refractivity contribution is 7.98. The van der Waals surface area contributed by atoms with Crippen LogP contribution in [0.5, 0.6) is 5.75 Å². The summed E-state index contributed by atoms with van der Waals surface area (Å²) in [6, 6.07) is 5.16. The molecule has 5 nitrogen and oxygen atoms in total. The number of anilines is 1. The lowest BCUT2D eigenvalue weighted by Crippen LogP contribution is -2.02. The van der Waals surface area contributed by atoms with Gasteiger partial charge in [0.25, 0.3) is 0 Å². The zero-order valence-corrected chi connectivity index (χ0v) is 13.7. The summed E-state index contributed by atoms with van der Waals surface area (Å²) in [7, 11) is 0. The highest BCUT2D eigenvalue weighted by atomic mass is 32.2. The molecule has 0 fully saturated rings. The Morgan fingerprint density at radius 2 is 2.09 bits per heavy atom. The van der Waals surface area contributed by atoms with Gasteiger partial charge in [0.15, 0.2) is 5.82 Å². The van der Waals surface area contributed by atoms with Crippen LogP contribution in [0.2, 0.25) is 0 Å². The third kappa shape index (κ3) is 2.59. The first-order valence-corrected chi connectivity index (χ1v) is 8.75. The van der Waals surface area contributed by atoms with E-state index in [0.29, 0.717) is 5.82 Å². The van der Waals surface area contributed by atoms with Gasteiger partial charge in [0, 0.05) is 11.9 Å². The number of aryl methyl sites for hydroxylation is 2. The van der Waals surface area contributed by atoms with Crippen LogP contribution in [0, 0.1) is 6.92 Å². The lowest BCUT2D eigenvalue weighted by molar-refractivity contribution is 0.476. The van der Waals surface area contributed by atoms with E-state index in [1.165, 1.54) is 6.42 Å². The molecule has 0 aliphatic rings. The summed E-state index contributed by atoms with van der Waals surface area (Å²) >= 11 is 1.87. The monoisotopic (exact) mass is 316 g/mol. The van der Waals surface area contributed by atoms with Crippen molar-refractivity contribution >= 4 is 39.5 Å². The van der Waals surface area contributed by atoms with Crippen LogP contribution in [0.15, 0.2) is 18.2 Å². The van der Waals surface area contributed by atoms with E-state index in [0.717, 1.165) is 46.5 Å². The number of phenols is 1. The number of nitrogens with two attached hydrogens (primary N) is 1. The topological polar surface area (TPSA) is 77.0 Å². The Bertz CT molecular complexity index is 828. The molecule has 116 valence electrons. The molecule has 1 aromatic carbocycles. The number of hydrogen-bond donors (Lipinski definition) is 2. The van der Waals surface area contributed by atoms with Gasteiger partial charge in [-0.05, 0) is 50.0 Å². The van der Waals surface area contributed by atoms with Crippen molar-refractivity contribution in [3.05, 3.63) is 24.0 Å². The minimum atomic E-state index is 0.230. The van der Waals surface area contributed by atoms with Gasteiger partial charge >= 0.3 is 0 Å². The van der Waals surface area contributed by atoms with Crippen LogP contribution in [0.25, 0.3) is 21.9 Å². The van der Waals surface area contributed by atoms with E-state index in [2.05, 4.69) is 20.8 Å². The highest BCUT2D eigenvalue weighted by Gasteiger charge is 2.15. The van der Waals surface area contributed by atoms with Crippen molar-refractivity contribution in [3.63, 3.8) is 0 Å². The number of fused-ring (bicyclic) bond motifs is 3. The van der Waals surface area contributed by atoms with E-state index in [4.69, 9.17) is 5.73 Å². The lowest BCUT2D eigenvalue weighted by atomic mass is 10.1. The Kier molecular flexibility index (Phi) is 4.11. The molecule has 2 aromatic heterocycles. The Balaban J connectivity index is 2.16. The second kappa shape index (κ2) is 6.04. The van der Waals surface area contributed by atoms with Gasteiger partial charge in [0.1, 0.15) is 17.1 Å². The van der Waals surface area contributed by atoms with Gasteiger partial charge in [-0.2, -0.15) is 11.8 Å². The maximum absolute atomic E-state index is 9.81. The summed E-state index contributed by atoms with van der Waals surface area (Å²) in [4.78, 5) is 8.98. The Morgan fingerprint density at radius 3 is 2.86 bits per heavy atom. The van der Waals surface area contributed by atoms with E-state index in [9.17, 15) is 5.11 Å². The molecule has 3 rings (SSSR count). The van der Waals surface area contributed by atoms with Crippen LogP contribution in [-0.4, -0.2) is 31.7 Å². The SMILES string of the molecule is CSCCCCn1c(C)nc2c(N)nc3ccc(O)cc3c21. The number of aromatic nitrogens is 3. The van der Waals surface area contributed by atoms with Crippen molar-refractivity contribution in [1.29, 1.82) is 0 Å². The third-order valence-electron chi connectivity index (χ3n) is 3.86. The molecular weight excluding hydrogens is 296 g/mol. The average molecular weight is 316 g/mol. The molecular formula is C16H20N4OS. The molecule has 0 bridgehead atoms. The van der Waals surface area contributed by atoms with E-state index in [-0.39, 0.29) is 5.75 Å². The smallest absolute Gasteiger partial charge is 0.152 e. The Morgan fingerprint density at radius 1 is 1.27 bits per heavy atom. The number of hydrogen-bond acceptors (Lipinski definition) is 5. The minimum absolute atomic E-state index is 0.230. The molecule has 2 heterocycles. The maximum Gasteiger partial charge on any atom is 0.152 e. The standard InChI is InChI=1S/C16H20N4OS/c1-10-18-14-15(20(10)7-3-4-8-22-2)12-9-11(21)5-6-13(12)19-16(14)17/h5-6,9,21H,3-4,7-8H2,1-2H3,(H2,17,19). The second-order valence-electron chi connectivity index (χ2n) is 5.41. The van der Waals surface area contributed by atoms with Crippen LogP contribution in [0.3, 0.4) is 0 Å². The normalized spacial score (nSPS) is 11.5. The largest absolute Gasteiger partial charge is 0.508 e. The molecule has 22 heavy (non-hydrogen) atoms. The summed E-state index contributed by atoms with van der Waals surface area (Å²) in [5.41, 5.74) is 8.55. The van der Waals surface area contributed by atoms with Gasteiger partial charge in [0.05, 0.1) is 11.0 Å². The molecule has 0 atom stereocenters. The van der Waals surface area contributed by atoms with E-state index in [1.807, 2.05) is 18.7 Å². The van der Waals surface area contributed by atoms with Crippen molar-refractivity contribution in [2.45, 2.75) is 26.3 Å². The summed E-state index contributed by atoms with van der Waals surface area (Å²) < 4.78 is 2.19. The third-order valence-corrected chi connectivity index (χ3v) is 4.55. The average Bonchev–Trinajstić information content (AvgIpc) is 2.82. The number of pyridine rings is 1. The Labute approximate surface area is 133 Å². The van der Waals surface area contributed by atoms with Crippen molar-refractivity contribution in [3.8, 4) is 5.75 Å². The fraction of sp³-hybridized carbons (Fsp3) is 0.375. The first-order valence-electron chi connectivity index (χ1n) is 7.36. The minimum Gasteiger partial charge on any atom is -0.508 e. The lowest BCUT2D eigenvalue weighted by Gasteiger charge is -2.09. The number of aromatic hydroxyl groups is 1. The van der Waals surface area contributed by atoms with Crippen molar-refractivity contribution < 1.29 is 5.11 Å². The maximum atomic E-state index is 9.81. The fourth-order valence-electron chi connectivity index (χ4n) is 2.80. The number of rotatable bonds is 5. The number of thioether (sulfide) groups is 1. The zero-order chi connectivity index (χ0) is 15.7. The molecule has 0 saturated carbocycles.